The molecular weight excluding hydrogens is 274 g/mol. The fourth-order valence-electron chi connectivity index (χ4n) is 1.56. The maximum Gasteiger partial charge on any atom is 0.374 e. The maximum absolute atomic E-state index is 10.8. The maximum atomic E-state index is 10.8. The summed E-state index contributed by atoms with van der Waals surface area (Å²) in [6.07, 6.45) is 0. The molecule has 0 fully saturated rings. The van der Waals surface area contributed by atoms with Crippen LogP contribution in [0.4, 0.5) is 0 Å². The summed E-state index contributed by atoms with van der Waals surface area (Å²) in [4.78, 5) is 10.8. The van der Waals surface area contributed by atoms with Crippen molar-refractivity contribution < 1.29 is 23.9 Å². The first-order valence-corrected chi connectivity index (χ1v) is 5.56. The van der Waals surface area contributed by atoms with Crippen molar-refractivity contribution in [3.8, 4) is 22.8 Å². The van der Waals surface area contributed by atoms with Gasteiger partial charge in [0.25, 0.3) is 0 Å². The number of hydrogen-bond donors (Lipinski definition) is 1. The zero-order chi connectivity index (χ0) is 14.0. The molecule has 6 nitrogen and oxygen atoms in total. The number of methoxy groups -OCH3 is 2. The number of nitrogens with zero attached hydrogens (tertiary/aromatic N) is 1. The van der Waals surface area contributed by atoms with Crippen molar-refractivity contribution in [1.29, 1.82) is 0 Å². The smallest absolute Gasteiger partial charge is 0.374 e. The fraction of sp³-hybridized carbons (Fsp3) is 0.167. The average molecular weight is 284 g/mol. The van der Waals surface area contributed by atoms with Crippen LogP contribution in [0.25, 0.3) is 11.3 Å². The third-order valence-electron chi connectivity index (χ3n) is 2.47. The number of ether oxygens (including phenoxy) is 2. The molecule has 0 spiro atoms. The van der Waals surface area contributed by atoms with Crippen molar-refractivity contribution in [1.82, 2.24) is 5.16 Å². The van der Waals surface area contributed by atoms with E-state index in [0.29, 0.717) is 27.8 Å². The summed E-state index contributed by atoms with van der Waals surface area (Å²) in [6.45, 7) is 0. The lowest BCUT2D eigenvalue weighted by Gasteiger charge is -2.09. The Morgan fingerprint density at radius 2 is 1.95 bits per heavy atom. The number of carbonyl (C=O) groups is 1. The highest BCUT2D eigenvalue weighted by atomic mass is 35.5. The van der Waals surface area contributed by atoms with E-state index >= 15 is 0 Å². The number of aromatic carboxylic acids is 1. The Bertz CT molecular complexity index is 623. The van der Waals surface area contributed by atoms with E-state index < -0.39 is 5.97 Å². The molecule has 100 valence electrons. The Labute approximate surface area is 113 Å². The average Bonchev–Trinajstić information content (AvgIpc) is 2.88. The molecule has 1 aromatic carbocycles. The predicted octanol–water partition coefficient (Wildman–Crippen LogP) is 2.71. The van der Waals surface area contributed by atoms with Crippen molar-refractivity contribution in [2.75, 3.05) is 14.2 Å². The van der Waals surface area contributed by atoms with Gasteiger partial charge in [-0.25, -0.2) is 4.79 Å². The largest absolute Gasteiger partial charge is 0.496 e. The molecule has 0 aliphatic rings. The third kappa shape index (κ3) is 2.48. The molecule has 0 radical (unpaired) electrons. The summed E-state index contributed by atoms with van der Waals surface area (Å²) in [7, 11) is 2.95. The van der Waals surface area contributed by atoms with Gasteiger partial charge in [-0.05, 0) is 6.07 Å². The van der Waals surface area contributed by atoms with Crippen molar-refractivity contribution in [3.63, 3.8) is 0 Å². The van der Waals surface area contributed by atoms with Gasteiger partial charge in [0, 0.05) is 17.7 Å². The summed E-state index contributed by atoms with van der Waals surface area (Å²) in [5.41, 5.74) is 0.851. The molecule has 2 aromatic rings. The predicted molar refractivity (Wildman–Crippen MR) is 67.0 cm³/mol. The summed E-state index contributed by atoms with van der Waals surface area (Å²) >= 11 is 5.98. The molecule has 1 heterocycles. The van der Waals surface area contributed by atoms with E-state index in [1.54, 1.807) is 12.1 Å². The molecule has 0 unspecified atom stereocenters. The van der Waals surface area contributed by atoms with Gasteiger partial charge in [-0.3, -0.25) is 0 Å². The molecule has 1 aromatic heterocycles. The molecule has 0 aliphatic heterocycles. The summed E-state index contributed by atoms with van der Waals surface area (Å²) in [5, 5.41) is 12.9. The second kappa shape index (κ2) is 5.19. The van der Waals surface area contributed by atoms with Gasteiger partial charge in [0.2, 0.25) is 5.76 Å². The number of rotatable bonds is 4. The van der Waals surface area contributed by atoms with Gasteiger partial charge >= 0.3 is 5.97 Å². The third-order valence-corrected chi connectivity index (χ3v) is 2.77. The van der Waals surface area contributed by atoms with Gasteiger partial charge in [0.1, 0.15) is 17.2 Å². The van der Waals surface area contributed by atoms with Gasteiger partial charge < -0.3 is 19.1 Å². The second-order valence-corrected chi connectivity index (χ2v) is 3.98. The molecule has 0 aliphatic carbocycles. The minimum Gasteiger partial charge on any atom is -0.496 e. The van der Waals surface area contributed by atoms with Crippen LogP contribution in [0, 0.1) is 0 Å². The minimum atomic E-state index is -1.20. The number of halogens is 1. The molecule has 7 heteroatoms. The molecule has 0 atom stereocenters. The van der Waals surface area contributed by atoms with E-state index in [1.165, 1.54) is 20.3 Å². The first-order chi connectivity index (χ1) is 9.06. The molecule has 0 saturated carbocycles. The standard InChI is InChI=1S/C12H10ClNO5/c1-17-9-4-7(13)10(18-2)3-6(9)8-5-11(12(15)16)19-14-8/h3-5H,1-2H3,(H,15,16). The zero-order valence-corrected chi connectivity index (χ0v) is 10.9. The van der Waals surface area contributed by atoms with Crippen LogP contribution in [-0.4, -0.2) is 30.5 Å². The lowest BCUT2D eigenvalue weighted by Crippen LogP contribution is -1.93. The zero-order valence-electron chi connectivity index (χ0n) is 10.1. The van der Waals surface area contributed by atoms with Crippen LogP contribution in [0.15, 0.2) is 22.7 Å². The number of carboxylic acid groups (broad SMARTS) is 1. The molecule has 0 amide bonds. The Kier molecular flexibility index (Phi) is 3.62. The normalized spacial score (nSPS) is 10.3. The van der Waals surface area contributed by atoms with E-state index in [9.17, 15) is 4.79 Å². The number of aromatic nitrogens is 1. The van der Waals surface area contributed by atoms with Crippen molar-refractivity contribution in [2.24, 2.45) is 0 Å². The van der Waals surface area contributed by atoms with E-state index in [0.717, 1.165) is 0 Å². The fourth-order valence-corrected chi connectivity index (χ4v) is 1.79. The van der Waals surface area contributed by atoms with Crippen molar-refractivity contribution in [3.05, 3.63) is 29.0 Å². The van der Waals surface area contributed by atoms with Crippen LogP contribution in [0.5, 0.6) is 11.5 Å². The van der Waals surface area contributed by atoms with Crippen molar-refractivity contribution in [2.45, 2.75) is 0 Å². The quantitative estimate of drug-likeness (QED) is 0.929. The lowest BCUT2D eigenvalue weighted by atomic mass is 10.1. The van der Waals surface area contributed by atoms with Gasteiger partial charge in [0.15, 0.2) is 0 Å². The van der Waals surface area contributed by atoms with Crippen LogP contribution in [0.3, 0.4) is 0 Å². The molecule has 0 saturated heterocycles. The summed E-state index contributed by atoms with van der Waals surface area (Å²) in [5.74, 6) is -0.585. The second-order valence-electron chi connectivity index (χ2n) is 3.57. The van der Waals surface area contributed by atoms with Crippen LogP contribution in [0.2, 0.25) is 5.02 Å². The van der Waals surface area contributed by atoms with Gasteiger partial charge in [0.05, 0.1) is 19.2 Å². The highest BCUT2D eigenvalue weighted by Gasteiger charge is 2.17. The number of hydrogen-bond acceptors (Lipinski definition) is 5. The molecule has 1 N–H and O–H groups in total. The number of carboxylic acids is 1. The molecule has 0 bridgehead atoms. The Balaban J connectivity index is 2.55. The summed E-state index contributed by atoms with van der Waals surface area (Å²) in [6, 6.07) is 4.46. The highest BCUT2D eigenvalue weighted by Crippen LogP contribution is 2.38. The van der Waals surface area contributed by atoms with Crippen LogP contribution in [-0.2, 0) is 0 Å². The van der Waals surface area contributed by atoms with Gasteiger partial charge in [-0.2, -0.15) is 0 Å². The van der Waals surface area contributed by atoms with Crippen LogP contribution in [0.1, 0.15) is 10.6 Å². The van der Waals surface area contributed by atoms with Gasteiger partial charge in [-0.15, -0.1) is 0 Å². The lowest BCUT2D eigenvalue weighted by molar-refractivity contribution is 0.0652. The monoisotopic (exact) mass is 283 g/mol. The first kappa shape index (κ1) is 13.2. The SMILES string of the molecule is COc1cc(-c2cc(C(=O)O)on2)c(OC)cc1Cl. The summed E-state index contributed by atoms with van der Waals surface area (Å²) < 4.78 is 15.0. The van der Waals surface area contributed by atoms with E-state index in [4.69, 9.17) is 30.7 Å². The molecular formula is C12H10ClNO5. The minimum absolute atomic E-state index is 0.258. The topological polar surface area (TPSA) is 81.8 Å². The number of benzene rings is 1. The molecule has 2 rings (SSSR count). The van der Waals surface area contributed by atoms with Crippen LogP contribution >= 0.6 is 11.6 Å². The highest BCUT2D eigenvalue weighted by molar-refractivity contribution is 6.32. The Hall–Kier alpha value is -2.21. The Morgan fingerprint density at radius 1 is 1.26 bits per heavy atom. The molecule has 19 heavy (non-hydrogen) atoms. The van der Waals surface area contributed by atoms with E-state index in [2.05, 4.69) is 5.16 Å². The van der Waals surface area contributed by atoms with Gasteiger partial charge in [-0.1, -0.05) is 16.8 Å². The van der Waals surface area contributed by atoms with Crippen molar-refractivity contribution >= 4 is 17.6 Å². The van der Waals surface area contributed by atoms with E-state index in [-0.39, 0.29) is 5.76 Å². The first-order valence-electron chi connectivity index (χ1n) is 5.18. The Morgan fingerprint density at radius 3 is 2.47 bits per heavy atom. The van der Waals surface area contributed by atoms with Crippen LogP contribution < -0.4 is 9.47 Å². The van der Waals surface area contributed by atoms with E-state index in [1.807, 2.05) is 0 Å².